The van der Waals surface area contributed by atoms with Crippen LogP contribution in [0.25, 0.3) is 0 Å². The molecular weight excluding hydrogens is 612 g/mol. The number of ether oxygens (including phenoxy) is 2. The molecule has 0 heterocycles. The van der Waals surface area contributed by atoms with E-state index in [0.29, 0.717) is 6.10 Å². The van der Waals surface area contributed by atoms with E-state index in [1.807, 2.05) is 0 Å². The van der Waals surface area contributed by atoms with Crippen LogP contribution in [0.2, 0.25) is 0 Å². The summed E-state index contributed by atoms with van der Waals surface area (Å²) in [6.07, 6.45) is 32.2. The van der Waals surface area contributed by atoms with Gasteiger partial charge in [0.2, 0.25) is 0 Å². The highest BCUT2D eigenvalue weighted by Crippen LogP contribution is 2.43. The Kier molecular flexibility index (Phi) is 21.8. The first-order valence-electron chi connectivity index (χ1n) is 20.5. The van der Waals surface area contributed by atoms with Crippen molar-refractivity contribution in [1.82, 2.24) is 0 Å². The summed E-state index contributed by atoms with van der Waals surface area (Å²) in [5.41, 5.74) is 0. The molecule has 4 aliphatic carbocycles. The largest absolute Gasteiger partial charge is 0.384 e. The number of methoxy groups -OCH3 is 1. The van der Waals surface area contributed by atoms with Gasteiger partial charge in [-0.25, -0.2) is 0 Å². The molecule has 4 aliphatic rings. The van der Waals surface area contributed by atoms with Crippen LogP contribution in [0, 0.1) is 41.4 Å². The molecule has 0 aromatic heterocycles. The summed E-state index contributed by atoms with van der Waals surface area (Å²) in [6, 6.07) is 0. The van der Waals surface area contributed by atoms with Gasteiger partial charge in [0.05, 0.1) is 6.10 Å². The molecule has 2 nitrogen and oxygen atoms in total. The molecule has 6 heteroatoms. The standard InChI is InChI=1S/C26H46F2O.C16H26F2O/c1-2-3-4-5-6-7-8-9-10-11-20-29-25-18-16-24(17-19-25)23-14-12-22(13-15-23)21-26(27)28;1-19-11-13-4-8-15(9-5-13)14-6-2-12(3-7-14)10-16(17)18/h21-25H,2-20H2,1H3;10,12-15H,2-9,11H2,1H3. The Bertz CT molecular complexity index is 838. The fraction of sp³-hybridized carbons (Fsp3) is 0.905. The van der Waals surface area contributed by atoms with Crippen molar-refractivity contribution >= 4 is 0 Å². The van der Waals surface area contributed by atoms with E-state index in [9.17, 15) is 17.6 Å². The lowest BCUT2D eigenvalue weighted by atomic mass is 9.69. The molecule has 0 aromatic carbocycles. The summed E-state index contributed by atoms with van der Waals surface area (Å²) in [4.78, 5) is 0. The molecule has 280 valence electrons. The molecule has 0 amide bonds. The van der Waals surface area contributed by atoms with Gasteiger partial charge in [-0.15, -0.1) is 0 Å². The lowest BCUT2D eigenvalue weighted by Gasteiger charge is -2.37. The second-order valence-corrected chi connectivity index (χ2v) is 16.1. The Labute approximate surface area is 292 Å². The maximum atomic E-state index is 12.4. The molecule has 0 unspecified atom stereocenters. The summed E-state index contributed by atoms with van der Waals surface area (Å²) in [5.74, 6) is 4.21. The number of hydrogen-bond donors (Lipinski definition) is 0. The van der Waals surface area contributed by atoms with Crippen LogP contribution in [0.1, 0.15) is 174 Å². The molecule has 0 spiro atoms. The van der Waals surface area contributed by atoms with Gasteiger partial charge in [0.1, 0.15) is 0 Å². The predicted molar refractivity (Wildman–Crippen MR) is 192 cm³/mol. The number of unbranched alkanes of at least 4 members (excludes halogenated alkanes) is 9. The second-order valence-electron chi connectivity index (χ2n) is 16.1. The highest BCUT2D eigenvalue weighted by atomic mass is 19.3. The van der Waals surface area contributed by atoms with E-state index in [1.165, 1.54) is 128 Å². The van der Waals surface area contributed by atoms with Gasteiger partial charge in [-0.1, -0.05) is 64.7 Å². The van der Waals surface area contributed by atoms with Crippen LogP contribution in [0.15, 0.2) is 24.3 Å². The zero-order valence-corrected chi connectivity index (χ0v) is 30.9. The second kappa shape index (κ2) is 25.1. The van der Waals surface area contributed by atoms with E-state index in [1.54, 1.807) is 7.11 Å². The van der Waals surface area contributed by atoms with Crippen molar-refractivity contribution in [3.63, 3.8) is 0 Å². The van der Waals surface area contributed by atoms with E-state index < -0.39 is 12.2 Å². The Morgan fingerprint density at radius 3 is 1.27 bits per heavy atom. The van der Waals surface area contributed by atoms with Gasteiger partial charge in [0, 0.05) is 20.3 Å². The SMILES string of the molecule is CCCCCCCCCCCCOC1CCC(C2CCC(C=C(F)F)CC2)CC1.COCC1CCC(C2CCC(C=C(F)F)CC2)CC1. The molecule has 0 aliphatic heterocycles. The van der Waals surface area contributed by atoms with Crippen LogP contribution in [0.4, 0.5) is 17.6 Å². The highest BCUT2D eigenvalue weighted by molar-refractivity contribution is 4.93. The van der Waals surface area contributed by atoms with E-state index in [-0.39, 0.29) is 11.8 Å². The molecule has 0 saturated heterocycles. The number of hydrogen-bond acceptors (Lipinski definition) is 2. The lowest BCUT2D eigenvalue weighted by molar-refractivity contribution is 0.00590. The molecular formula is C42H72F4O2. The minimum absolute atomic E-state index is 0.122. The third-order valence-corrected chi connectivity index (χ3v) is 12.6. The third-order valence-electron chi connectivity index (χ3n) is 12.6. The van der Waals surface area contributed by atoms with Crippen LogP contribution >= 0.6 is 0 Å². The molecule has 0 aromatic rings. The fourth-order valence-corrected chi connectivity index (χ4v) is 9.55. The fourth-order valence-electron chi connectivity index (χ4n) is 9.55. The molecule has 48 heavy (non-hydrogen) atoms. The van der Waals surface area contributed by atoms with E-state index in [2.05, 4.69) is 6.92 Å². The monoisotopic (exact) mass is 685 g/mol. The van der Waals surface area contributed by atoms with Gasteiger partial charge in [0.15, 0.2) is 0 Å². The molecule has 0 N–H and O–H groups in total. The average Bonchev–Trinajstić information content (AvgIpc) is 3.08. The smallest absolute Gasteiger partial charge is 0.266 e. The number of rotatable bonds is 18. The zero-order chi connectivity index (χ0) is 34.4. The van der Waals surface area contributed by atoms with Crippen molar-refractivity contribution in [2.24, 2.45) is 41.4 Å². The van der Waals surface area contributed by atoms with Crippen molar-refractivity contribution < 1.29 is 27.0 Å². The van der Waals surface area contributed by atoms with Crippen LogP contribution in [-0.2, 0) is 9.47 Å². The van der Waals surface area contributed by atoms with Crippen molar-refractivity contribution in [2.75, 3.05) is 20.3 Å². The Morgan fingerprint density at radius 2 is 0.875 bits per heavy atom. The normalized spacial score (nSPS) is 31.0. The van der Waals surface area contributed by atoms with Crippen molar-refractivity contribution in [1.29, 1.82) is 0 Å². The quantitative estimate of drug-likeness (QED) is 0.106. The molecule has 4 saturated carbocycles. The summed E-state index contributed by atoms with van der Waals surface area (Å²) < 4.78 is 60.7. The van der Waals surface area contributed by atoms with Gasteiger partial charge in [0.25, 0.3) is 12.2 Å². The molecule has 0 atom stereocenters. The predicted octanol–water partition coefficient (Wildman–Crippen LogP) is 14.1. The summed E-state index contributed by atoms with van der Waals surface area (Å²) in [6.45, 7) is 4.12. The lowest BCUT2D eigenvalue weighted by Crippen LogP contribution is -2.28. The van der Waals surface area contributed by atoms with Crippen molar-refractivity contribution in [2.45, 2.75) is 180 Å². The highest BCUT2D eigenvalue weighted by Gasteiger charge is 2.32. The number of halogens is 4. The average molecular weight is 685 g/mol. The first-order valence-corrected chi connectivity index (χ1v) is 20.5. The Morgan fingerprint density at radius 1 is 0.500 bits per heavy atom. The van der Waals surface area contributed by atoms with Gasteiger partial charge in [-0.05, 0) is 163 Å². The van der Waals surface area contributed by atoms with Gasteiger partial charge in [-0.3, -0.25) is 0 Å². The molecule has 0 radical (unpaired) electrons. The summed E-state index contributed by atoms with van der Waals surface area (Å²) in [7, 11) is 1.78. The van der Waals surface area contributed by atoms with Crippen molar-refractivity contribution in [3.05, 3.63) is 24.3 Å². The Balaban J connectivity index is 0.000000284. The zero-order valence-electron chi connectivity index (χ0n) is 30.9. The van der Waals surface area contributed by atoms with E-state index in [4.69, 9.17) is 9.47 Å². The van der Waals surface area contributed by atoms with E-state index in [0.717, 1.165) is 94.2 Å². The van der Waals surface area contributed by atoms with Gasteiger partial charge < -0.3 is 9.47 Å². The maximum Gasteiger partial charge on any atom is 0.266 e. The number of allylic oxidation sites excluding steroid dienone is 2. The molecule has 0 bridgehead atoms. The Hall–Kier alpha value is -0.880. The van der Waals surface area contributed by atoms with Crippen LogP contribution in [0.5, 0.6) is 0 Å². The van der Waals surface area contributed by atoms with Crippen LogP contribution < -0.4 is 0 Å². The van der Waals surface area contributed by atoms with Gasteiger partial charge >= 0.3 is 0 Å². The molecule has 4 fully saturated rings. The van der Waals surface area contributed by atoms with E-state index >= 15 is 0 Å². The first-order chi connectivity index (χ1) is 23.4. The summed E-state index contributed by atoms with van der Waals surface area (Å²) in [5, 5.41) is 0. The third kappa shape index (κ3) is 17.4. The summed E-state index contributed by atoms with van der Waals surface area (Å²) >= 11 is 0. The minimum Gasteiger partial charge on any atom is -0.384 e. The van der Waals surface area contributed by atoms with Crippen LogP contribution in [-0.4, -0.2) is 26.4 Å². The van der Waals surface area contributed by atoms with Crippen molar-refractivity contribution in [3.8, 4) is 0 Å². The maximum absolute atomic E-state index is 12.4. The topological polar surface area (TPSA) is 18.5 Å². The minimum atomic E-state index is -1.50. The molecule has 4 rings (SSSR count). The van der Waals surface area contributed by atoms with Gasteiger partial charge in [-0.2, -0.15) is 17.6 Å². The first kappa shape index (κ1) is 41.5. The van der Waals surface area contributed by atoms with Crippen LogP contribution in [0.3, 0.4) is 0 Å².